The van der Waals surface area contributed by atoms with Crippen molar-refractivity contribution in [1.82, 2.24) is 10.6 Å². The smallest absolute Gasteiger partial charge is 0.321 e. The molecule has 2 aromatic rings. The Hall–Kier alpha value is -1.64. The Morgan fingerprint density at radius 1 is 1.36 bits per heavy atom. The Kier molecular flexibility index (Phi) is 6.17. The van der Waals surface area contributed by atoms with Gasteiger partial charge in [0, 0.05) is 0 Å². The molecule has 2 aromatic heterocycles. The Morgan fingerprint density at radius 3 is 2.82 bits per heavy atom. The molecule has 0 saturated heterocycles. The van der Waals surface area contributed by atoms with E-state index in [1.807, 2.05) is 19.2 Å². The average Bonchev–Trinajstić information content (AvgIpc) is 3.07. The molecule has 1 unspecified atom stereocenters. The normalized spacial score (nSPS) is 11.9. The summed E-state index contributed by atoms with van der Waals surface area (Å²) in [6.45, 7) is 1.21. The predicted molar refractivity (Wildman–Crippen MR) is 86.6 cm³/mol. The molecule has 3 amide bonds. The van der Waals surface area contributed by atoms with Gasteiger partial charge >= 0.3 is 6.03 Å². The number of carbonyl (C=O) groups excluding carboxylic acids is 2. The highest BCUT2D eigenvalue weighted by molar-refractivity contribution is 9.11. The number of imide groups is 1. The van der Waals surface area contributed by atoms with E-state index >= 15 is 0 Å². The molecule has 0 aliphatic rings. The number of thiophene rings is 1. The molecular formula is C14H17BrN3O3S+. The fourth-order valence-corrected chi connectivity index (χ4v) is 3.47. The summed E-state index contributed by atoms with van der Waals surface area (Å²) >= 11 is 5.05. The first-order valence-corrected chi connectivity index (χ1v) is 8.29. The van der Waals surface area contributed by atoms with Gasteiger partial charge in [0.1, 0.15) is 12.3 Å². The Bertz CT molecular complexity index is 627. The number of quaternary nitrogens is 1. The second-order valence-electron chi connectivity index (χ2n) is 4.83. The third-order valence-corrected chi connectivity index (χ3v) is 4.45. The molecule has 0 aliphatic carbocycles. The van der Waals surface area contributed by atoms with Crippen LogP contribution in [0.1, 0.15) is 10.6 Å². The first-order chi connectivity index (χ1) is 10.5. The van der Waals surface area contributed by atoms with E-state index < -0.39 is 6.03 Å². The Balaban J connectivity index is 1.69. The van der Waals surface area contributed by atoms with Crippen molar-refractivity contribution in [3.8, 4) is 0 Å². The van der Waals surface area contributed by atoms with Crippen LogP contribution in [0.3, 0.4) is 0 Å². The number of rotatable bonds is 6. The van der Waals surface area contributed by atoms with Crippen LogP contribution in [0.2, 0.25) is 0 Å². The molecule has 2 rings (SSSR count). The third kappa shape index (κ3) is 5.63. The number of nitrogens with one attached hydrogen (secondary N) is 3. The van der Waals surface area contributed by atoms with Crippen molar-refractivity contribution in [2.45, 2.75) is 13.1 Å². The topological polar surface area (TPSA) is 75.8 Å². The summed E-state index contributed by atoms with van der Waals surface area (Å²) in [6, 6.07) is 6.97. The summed E-state index contributed by atoms with van der Waals surface area (Å²) in [5, 5.41) is 4.87. The zero-order valence-electron chi connectivity index (χ0n) is 12.0. The van der Waals surface area contributed by atoms with Crippen LogP contribution in [-0.2, 0) is 17.9 Å². The number of likely N-dealkylation sites (N-methyl/N-ethyl adjacent to an activating group) is 1. The van der Waals surface area contributed by atoms with Crippen molar-refractivity contribution < 1.29 is 18.9 Å². The SMILES string of the molecule is C[NH+](CC(=O)NC(=O)NCc1ccco1)Cc1ccc(Br)s1. The minimum Gasteiger partial charge on any atom is -0.467 e. The maximum atomic E-state index is 11.8. The van der Waals surface area contributed by atoms with Crippen molar-refractivity contribution >= 4 is 39.2 Å². The van der Waals surface area contributed by atoms with Crippen LogP contribution >= 0.6 is 27.3 Å². The lowest BCUT2D eigenvalue weighted by molar-refractivity contribution is -0.885. The van der Waals surface area contributed by atoms with Gasteiger partial charge in [-0.1, -0.05) is 0 Å². The Morgan fingerprint density at radius 2 is 2.18 bits per heavy atom. The lowest BCUT2D eigenvalue weighted by Gasteiger charge is -2.12. The van der Waals surface area contributed by atoms with Gasteiger partial charge in [-0.15, -0.1) is 11.3 Å². The van der Waals surface area contributed by atoms with E-state index in [1.165, 1.54) is 11.1 Å². The maximum absolute atomic E-state index is 11.8. The molecule has 0 aliphatic heterocycles. The van der Waals surface area contributed by atoms with E-state index in [1.54, 1.807) is 23.5 Å². The second kappa shape index (κ2) is 8.11. The molecule has 0 bridgehead atoms. The van der Waals surface area contributed by atoms with Gasteiger partial charge in [0.05, 0.1) is 28.5 Å². The monoisotopic (exact) mass is 386 g/mol. The minimum absolute atomic E-state index is 0.226. The van der Waals surface area contributed by atoms with E-state index in [-0.39, 0.29) is 19.0 Å². The van der Waals surface area contributed by atoms with E-state index in [4.69, 9.17) is 4.42 Å². The first kappa shape index (κ1) is 16.7. The van der Waals surface area contributed by atoms with Crippen LogP contribution in [-0.4, -0.2) is 25.5 Å². The first-order valence-electron chi connectivity index (χ1n) is 6.68. The number of hydrogen-bond acceptors (Lipinski definition) is 4. The zero-order valence-corrected chi connectivity index (χ0v) is 14.4. The highest BCUT2D eigenvalue weighted by Gasteiger charge is 2.14. The van der Waals surface area contributed by atoms with Gasteiger partial charge in [-0.3, -0.25) is 10.1 Å². The third-order valence-electron chi connectivity index (χ3n) is 2.82. The summed E-state index contributed by atoms with van der Waals surface area (Å²) in [5.74, 6) is 0.318. The van der Waals surface area contributed by atoms with Gasteiger partial charge in [0.2, 0.25) is 0 Å². The van der Waals surface area contributed by atoms with Gasteiger partial charge in [-0.05, 0) is 40.2 Å². The molecule has 0 spiro atoms. The highest BCUT2D eigenvalue weighted by atomic mass is 79.9. The molecule has 0 aromatic carbocycles. The molecule has 6 nitrogen and oxygen atoms in total. The van der Waals surface area contributed by atoms with Gasteiger partial charge in [-0.2, -0.15) is 0 Å². The van der Waals surface area contributed by atoms with E-state index in [0.29, 0.717) is 5.76 Å². The number of hydrogen-bond donors (Lipinski definition) is 3. The number of carbonyl (C=O) groups is 2. The molecule has 2 heterocycles. The van der Waals surface area contributed by atoms with Crippen molar-refractivity contribution in [2.24, 2.45) is 0 Å². The van der Waals surface area contributed by atoms with Gasteiger partial charge in [0.25, 0.3) is 5.91 Å². The quantitative estimate of drug-likeness (QED) is 0.696. The van der Waals surface area contributed by atoms with Crippen molar-refractivity contribution in [1.29, 1.82) is 0 Å². The zero-order chi connectivity index (χ0) is 15.9. The molecule has 118 valence electrons. The van der Waals surface area contributed by atoms with Gasteiger partial charge in [-0.25, -0.2) is 4.79 Å². The summed E-state index contributed by atoms with van der Waals surface area (Å²) in [6.07, 6.45) is 1.53. The lowest BCUT2D eigenvalue weighted by Crippen LogP contribution is -3.08. The van der Waals surface area contributed by atoms with Crippen molar-refractivity contribution in [3.05, 3.63) is 45.0 Å². The molecule has 22 heavy (non-hydrogen) atoms. The molecule has 1 atom stereocenters. The fourth-order valence-electron chi connectivity index (χ4n) is 1.88. The van der Waals surface area contributed by atoms with E-state index in [2.05, 4.69) is 26.6 Å². The largest absolute Gasteiger partial charge is 0.467 e. The van der Waals surface area contributed by atoms with E-state index in [0.717, 1.165) is 15.2 Å². The standard InChI is InChI=1S/C14H16BrN3O3S/c1-18(8-11-4-5-12(15)22-11)9-13(19)17-14(20)16-7-10-3-2-6-21-10/h2-6H,7-9H2,1H3,(H2,16,17,19,20)/p+1. The summed E-state index contributed by atoms with van der Waals surface area (Å²) < 4.78 is 6.15. The van der Waals surface area contributed by atoms with Crippen LogP contribution in [0.5, 0.6) is 0 Å². The summed E-state index contributed by atoms with van der Waals surface area (Å²) in [7, 11) is 1.91. The number of furan rings is 1. The average molecular weight is 387 g/mol. The molecule has 3 N–H and O–H groups in total. The van der Waals surface area contributed by atoms with Crippen molar-refractivity contribution in [3.63, 3.8) is 0 Å². The van der Waals surface area contributed by atoms with Crippen LogP contribution in [0.25, 0.3) is 0 Å². The number of halogens is 1. The number of urea groups is 1. The summed E-state index contributed by atoms with van der Waals surface area (Å²) in [4.78, 5) is 25.6. The predicted octanol–water partition coefficient (Wildman–Crippen LogP) is 1.14. The van der Waals surface area contributed by atoms with Crippen LogP contribution < -0.4 is 15.5 Å². The van der Waals surface area contributed by atoms with Crippen molar-refractivity contribution in [2.75, 3.05) is 13.6 Å². The van der Waals surface area contributed by atoms with Crippen LogP contribution in [0.15, 0.2) is 38.7 Å². The second-order valence-corrected chi connectivity index (χ2v) is 7.37. The molecule has 0 saturated carbocycles. The maximum Gasteiger partial charge on any atom is 0.321 e. The number of amides is 3. The lowest BCUT2D eigenvalue weighted by atomic mass is 10.4. The van der Waals surface area contributed by atoms with Gasteiger partial charge in [0.15, 0.2) is 6.54 Å². The summed E-state index contributed by atoms with van der Waals surface area (Å²) in [5.41, 5.74) is 0. The van der Waals surface area contributed by atoms with Gasteiger partial charge < -0.3 is 14.6 Å². The molecule has 0 fully saturated rings. The molecular weight excluding hydrogens is 370 g/mol. The molecule has 8 heteroatoms. The fraction of sp³-hybridized carbons (Fsp3) is 0.286. The van der Waals surface area contributed by atoms with E-state index in [9.17, 15) is 9.59 Å². The molecule has 0 radical (unpaired) electrons. The highest BCUT2D eigenvalue weighted by Crippen LogP contribution is 2.21. The minimum atomic E-state index is -0.520. The van der Waals surface area contributed by atoms with Crippen LogP contribution in [0.4, 0.5) is 4.79 Å². The Labute approximate surface area is 140 Å². The van der Waals surface area contributed by atoms with Crippen LogP contribution in [0, 0.1) is 0 Å².